The molecule has 2 rings (SSSR count). The van der Waals surface area contributed by atoms with Gasteiger partial charge in [0, 0.05) is 24.1 Å². The first-order valence-electron chi connectivity index (χ1n) is 7.30. The molecule has 21 heavy (non-hydrogen) atoms. The predicted molar refractivity (Wildman–Crippen MR) is 87.4 cm³/mol. The van der Waals surface area contributed by atoms with Crippen molar-refractivity contribution in [1.29, 1.82) is 0 Å². The van der Waals surface area contributed by atoms with Crippen LogP contribution in [0.3, 0.4) is 0 Å². The fourth-order valence-electron chi connectivity index (χ4n) is 2.40. The molecule has 1 aliphatic rings. The van der Waals surface area contributed by atoms with Crippen molar-refractivity contribution in [3.63, 3.8) is 0 Å². The molecule has 1 aliphatic heterocycles. The number of carbonyl (C=O) groups excluding carboxylic acids is 1. The van der Waals surface area contributed by atoms with Crippen LogP contribution in [0.25, 0.3) is 0 Å². The molecule has 0 radical (unpaired) electrons. The Hall–Kier alpha value is -1.07. The van der Waals surface area contributed by atoms with Gasteiger partial charge >= 0.3 is 6.09 Å². The van der Waals surface area contributed by atoms with Crippen molar-refractivity contribution in [2.24, 2.45) is 0 Å². The molecule has 1 saturated heterocycles. The third kappa shape index (κ3) is 5.00. The van der Waals surface area contributed by atoms with Crippen LogP contribution in [-0.4, -0.2) is 42.3 Å². The summed E-state index contributed by atoms with van der Waals surface area (Å²) in [7, 11) is 0. The number of amides is 1. The molecular formula is C16H23BrN2O2. The first kappa shape index (κ1) is 16.3. The van der Waals surface area contributed by atoms with E-state index in [0.717, 1.165) is 24.0 Å². The molecule has 0 aliphatic carbocycles. The fourth-order valence-corrected chi connectivity index (χ4v) is 2.66. The number of piperazine rings is 1. The molecule has 0 spiro atoms. The largest absolute Gasteiger partial charge is 0.444 e. The lowest BCUT2D eigenvalue weighted by Gasteiger charge is -2.37. The fraction of sp³-hybridized carbons (Fsp3) is 0.562. The minimum Gasteiger partial charge on any atom is -0.444 e. The van der Waals surface area contributed by atoms with E-state index in [1.165, 1.54) is 5.56 Å². The van der Waals surface area contributed by atoms with Gasteiger partial charge in [-0.1, -0.05) is 28.1 Å². The van der Waals surface area contributed by atoms with Crippen LogP contribution in [0, 0.1) is 0 Å². The molecule has 1 aromatic carbocycles. The lowest BCUT2D eigenvalue weighted by molar-refractivity contribution is 0.0122. The summed E-state index contributed by atoms with van der Waals surface area (Å²) in [6.07, 6.45) is 0.616. The quantitative estimate of drug-likeness (QED) is 0.886. The number of benzene rings is 1. The summed E-state index contributed by atoms with van der Waals surface area (Å²) in [5.74, 6) is 0. The van der Waals surface area contributed by atoms with Gasteiger partial charge < -0.3 is 15.0 Å². The molecule has 1 amide bonds. The minimum absolute atomic E-state index is 0.134. The maximum atomic E-state index is 12.3. The van der Waals surface area contributed by atoms with Gasteiger partial charge in [-0.05, 0) is 44.9 Å². The summed E-state index contributed by atoms with van der Waals surface area (Å²) in [4.78, 5) is 14.2. The Kier molecular flexibility index (Phi) is 5.27. The van der Waals surface area contributed by atoms with Crippen LogP contribution in [-0.2, 0) is 11.2 Å². The van der Waals surface area contributed by atoms with Gasteiger partial charge in [-0.2, -0.15) is 0 Å². The highest BCUT2D eigenvalue weighted by Crippen LogP contribution is 2.17. The smallest absolute Gasteiger partial charge is 0.410 e. The first-order valence-corrected chi connectivity index (χ1v) is 8.09. The van der Waals surface area contributed by atoms with Crippen molar-refractivity contribution in [2.75, 3.05) is 19.6 Å². The molecule has 116 valence electrons. The Bertz CT molecular complexity index is 482. The van der Waals surface area contributed by atoms with E-state index < -0.39 is 5.60 Å². The van der Waals surface area contributed by atoms with Crippen LogP contribution in [0.1, 0.15) is 26.3 Å². The van der Waals surface area contributed by atoms with Crippen LogP contribution in [0.4, 0.5) is 4.79 Å². The number of halogens is 1. The van der Waals surface area contributed by atoms with Crippen molar-refractivity contribution < 1.29 is 9.53 Å². The molecule has 0 aromatic heterocycles. The molecule has 4 nitrogen and oxygen atoms in total. The van der Waals surface area contributed by atoms with Gasteiger partial charge in [0.1, 0.15) is 5.60 Å². The SMILES string of the molecule is CC(C)(C)OC(=O)N1CCNC[C@@H]1Cc1ccc(Br)cc1. The van der Waals surface area contributed by atoms with Gasteiger partial charge in [-0.3, -0.25) is 0 Å². The molecule has 0 unspecified atom stereocenters. The van der Waals surface area contributed by atoms with Gasteiger partial charge in [-0.25, -0.2) is 4.79 Å². The van der Waals surface area contributed by atoms with Crippen LogP contribution in [0.5, 0.6) is 0 Å². The van der Waals surface area contributed by atoms with Crippen LogP contribution in [0.2, 0.25) is 0 Å². The molecule has 0 bridgehead atoms. The number of hydrogen-bond donors (Lipinski definition) is 1. The van der Waals surface area contributed by atoms with Gasteiger partial charge in [-0.15, -0.1) is 0 Å². The topological polar surface area (TPSA) is 41.6 Å². The lowest BCUT2D eigenvalue weighted by Crippen LogP contribution is -2.55. The number of carbonyl (C=O) groups is 1. The summed E-state index contributed by atoms with van der Waals surface area (Å²) in [5, 5.41) is 3.36. The maximum absolute atomic E-state index is 12.3. The van der Waals surface area contributed by atoms with Crippen LogP contribution < -0.4 is 5.32 Å². The van der Waals surface area contributed by atoms with Crippen molar-refractivity contribution in [3.8, 4) is 0 Å². The highest BCUT2D eigenvalue weighted by molar-refractivity contribution is 9.10. The van der Waals surface area contributed by atoms with E-state index >= 15 is 0 Å². The average Bonchev–Trinajstić information content (AvgIpc) is 2.40. The average molecular weight is 355 g/mol. The normalized spacial score (nSPS) is 19.4. The highest BCUT2D eigenvalue weighted by atomic mass is 79.9. The predicted octanol–water partition coefficient (Wildman–Crippen LogP) is 3.20. The number of nitrogens with zero attached hydrogens (tertiary/aromatic N) is 1. The van der Waals surface area contributed by atoms with Gasteiger partial charge in [0.15, 0.2) is 0 Å². The van der Waals surface area contributed by atoms with E-state index in [-0.39, 0.29) is 12.1 Å². The molecule has 0 saturated carbocycles. The summed E-state index contributed by atoms with van der Waals surface area (Å²) in [5.41, 5.74) is 0.768. The second-order valence-corrected chi connectivity index (χ2v) is 7.28. The Morgan fingerprint density at radius 1 is 1.38 bits per heavy atom. The molecule has 1 fully saturated rings. The van der Waals surface area contributed by atoms with Gasteiger partial charge in [0.2, 0.25) is 0 Å². The zero-order valence-corrected chi connectivity index (χ0v) is 14.4. The second-order valence-electron chi connectivity index (χ2n) is 6.36. The lowest BCUT2D eigenvalue weighted by atomic mass is 10.0. The molecule has 1 aromatic rings. The number of ether oxygens (including phenoxy) is 1. The van der Waals surface area contributed by atoms with E-state index in [1.54, 1.807) is 0 Å². The number of nitrogens with one attached hydrogen (secondary N) is 1. The number of rotatable bonds is 2. The summed E-state index contributed by atoms with van der Waals surface area (Å²) in [6.45, 7) is 8.01. The summed E-state index contributed by atoms with van der Waals surface area (Å²) >= 11 is 3.44. The third-order valence-corrected chi connectivity index (χ3v) is 3.89. The minimum atomic E-state index is -0.454. The molecule has 1 atom stereocenters. The third-order valence-electron chi connectivity index (χ3n) is 3.36. The van der Waals surface area contributed by atoms with E-state index in [2.05, 4.69) is 33.4 Å². The standard InChI is InChI=1S/C16H23BrN2O2/c1-16(2,3)21-15(20)19-9-8-18-11-14(19)10-12-4-6-13(17)7-5-12/h4-7,14,18H,8-11H2,1-3H3/t14-/m0/s1. The summed E-state index contributed by atoms with van der Waals surface area (Å²) in [6, 6.07) is 8.37. The Labute approximate surface area is 135 Å². The van der Waals surface area contributed by atoms with Crippen LogP contribution >= 0.6 is 15.9 Å². The van der Waals surface area contributed by atoms with E-state index in [1.807, 2.05) is 37.8 Å². The molecule has 1 N–H and O–H groups in total. The Morgan fingerprint density at radius 3 is 2.67 bits per heavy atom. The zero-order chi connectivity index (χ0) is 15.5. The van der Waals surface area contributed by atoms with E-state index in [9.17, 15) is 4.79 Å². The van der Waals surface area contributed by atoms with Crippen molar-refractivity contribution in [3.05, 3.63) is 34.3 Å². The van der Waals surface area contributed by atoms with Crippen LogP contribution in [0.15, 0.2) is 28.7 Å². The van der Waals surface area contributed by atoms with Crippen molar-refractivity contribution >= 4 is 22.0 Å². The first-order chi connectivity index (χ1) is 9.85. The molecular weight excluding hydrogens is 332 g/mol. The highest BCUT2D eigenvalue weighted by Gasteiger charge is 2.30. The number of hydrogen-bond acceptors (Lipinski definition) is 3. The monoisotopic (exact) mass is 354 g/mol. The molecule has 1 heterocycles. The van der Waals surface area contributed by atoms with E-state index in [4.69, 9.17) is 4.74 Å². The van der Waals surface area contributed by atoms with Crippen molar-refractivity contribution in [2.45, 2.75) is 38.8 Å². The second kappa shape index (κ2) is 6.79. The Balaban J connectivity index is 2.04. The van der Waals surface area contributed by atoms with Crippen molar-refractivity contribution in [1.82, 2.24) is 10.2 Å². The Morgan fingerprint density at radius 2 is 2.05 bits per heavy atom. The maximum Gasteiger partial charge on any atom is 0.410 e. The molecule has 5 heteroatoms. The summed E-state index contributed by atoms with van der Waals surface area (Å²) < 4.78 is 6.58. The van der Waals surface area contributed by atoms with E-state index in [0.29, 0.717) is 6.54 Å². The van der Waals surface area contributed by atoms with Gasteiger partial charge in [0.25, 0.3) is 0 Å². The van der Waals surface area contributed by atoms with Gasteiger partial charge in [0.05, 0.1) is 6.04 Å². The zero-order valence-electron chi connectivity index (χ0n) is 12.9.